The standard InChI is InChI=1S/C13H26N4/c1-13(10-14,15-2)11-17(4)9-12-5-7-16(3)8-6-12/h12,15H,5-9,11H2,1-4H3. The van der Waals surface area contributed by atoms with Gasteiger partial charge in [0.05, 0.1) is 6.07 Å². The lowest BCUT2D eigenvalue weighted by atomic mass is 9.96. The number of likely N-dealkylation sites (tertiary alicyclic amines) is 1. The Labute approximate surface area is 106 Å². The highest BCUT2D eigenvalue weighted by atomic mass is 15.1. The van der Waals surface area contributed by atoms with Crippen LogP contribution in [0, 0.1) is 17.2 Å². The second-order valence-electron chi connectivity index (χ2n) is 5.64. The zero-order valence-electron chi connectivity index (χ0n) is 11.7. The van der Waals surface area contributed by atoms with E-state index < -0.39 is 5.54 Å². The second-order valence-corrected chi connectivity index (χ2v) is 5.64. The maximum absolute atomic E-state index is 9.13. The molecule has 1 heterocycles. The van der Waals surface area contributed by atoms with E-state index in [1.165, 1.54) is 25.9 Å². The van der Waals surface area contributed by atoms with Crippen LogP contribution < -0.4 is 5.32 Å². The van der Waals surface area contributed by atoms with Crippen molar-refractivity contribution in [2.75, 3.05) is 47.3 Å². The second kappa shape index (κ2) is 6.34. The average Bonchev–Trinajstić information content (AvgIpc) is 2.32. The van der Waals surface area contributed by atoms with E-state index in [2.05, 4.69) is 35.3 Å². The molecule has 0 amide bonds. The monoisotopic (exact) mass is 238 g/mol. The molecule has 17 heavy (non-hydrogen) atoms. The van der Waals surface area contributed by atoms with Gasteiger partial charge >= 0.3 is 0 Å². The molecule has 0 aromatic carbocycles. The summed E-state index contributed by atoms with van der Waals surface area (Å²) in [6.07, 6.45) is 2.56. The Bertz CT molecular complexity index is 265. The van der Waals surface area contributed by atoms with Crippen molar-refractivity contribution < 1.29 is 0 Å². The molecule has 1 atom stereocenters. The van der Waals surface area contributed by atoms with Gasteiger partial charge in [-0.1, -0.05) is 0 Å². The molecule has 1 rings (SSSR count). The molecule has 1 N–H and O–H groups in total. The van der Waals surface area contributed by atoms with E-state index in [1.54, 1.807) is 0 Å². The molecular weight excluding hydrogens is 212 g/mol. The first-order valence-corrected chi connectivity index (χ1v) is 6.46. The Morgan fingerprint density at radius 2 is 2.06 bits per heavy atom. The molecule has 1 unspecified atom stereocenters. The van der Waals surface area contributed by atoms with Crippen LogP contribution in [-0.2, 0) is 0 Å². The molecule has 0 aromatic heterocycles. The van der Waals surface area contributed by atoms with Crippen LogP contribution in [0.15, 0.2) is 0 Å². The molecule has 0 aliphatic carbocycles. The van der Waals surface area contributed by atoms with Crippen LogP contribution >= 0.6 is 0 Å². The van der Waals surface area contributed by atoms with Crippen molar-refractivity contribution in [2.24, 2.45) is 5.92 Å². The molecule has 1 fully saturated rings. The third kappa shape index (κ3) is 4.63. The van der Waals surface area contributed by atoms with Crippen LogP contribution in [0.3, 0.4) is 0 Å². The van der Waals surface area contributed by atoms with Gasteiger partial charge in [-0.25, -0.2) is 0 Å². The van der Waals surface area contributed by atoms with Crippen molar-refractivity contribution in [3.8, 4) is 6.07 Å². The fraction of sp³-hybridized carbons (Fsp3) is 0.923. The lowest BCUT2D eigenvalue weighted by Crippen LogP contribution is -2.49. The molecule has 0 saturated carbocycles. The van der Waals surface area contributed by atoms with Gasteiger partial charge in [-0.2, -0.15) is 5.26 Å². The van der Waals surface area contributed by atoms with Crippen molar-refractivity contribution >= 4 is 0 Å². The summed E-state index contributed by atoms with van der Waals surface area (Å²) in [5.41, 5.74) is -0.430. The fourth-order valence-electron chi connectivity index (χ4n) is 2.46. The summed E-state index contributed by atoms with van der Waals surface area (Å²) in [7, 11) is 6.16. The molecule has 4 nitrogen and oxygen atoms in total. The first kappa shape index (κ1) is 14.4. The van der Waals surface area contributed by atoms with Gasteiger partial charge in [-0.05, 0) is 59.9 Å². The number of likely N-dealkylation sites (N-methyl/N-ethyl adjacent to an activating group) is 2. The van der Waals surface area contributed by atoms with E-state index in [0.29, 0.717) is 0 Å². The van der Waals surface area contributed by atoms with Gasteiger partial charge in [0.15, 0.2) is 0 Å². The lowest BCUT2D eigenvalue weighted by molar-refractivity contribution is 0.164. The molecule has 1 aliphatic rings. The van der Waals surface area contributed by atoms with Crippen LogP contribution in [0.5, 0.6) is 0 Å². The van der Waals surface area contributed by atoms with E-state index in [0.717, 1.165) is 19.0 Å². The van der Waals surface area contributed by atoms with E-state index in [1.807, 2.05) is 14.0 Å². The maximum Gasteiger partial charge on any atom is 0.116 e. The normalized spacial score (nSPS) is 22.4. The summed E-state index contributed by atoms with van der Waals surface area (Å²) in [4.78, 5) is 4.68. The van der Waals surface area contributed by atoms with Gasteiger partial charge in [0.1, 0.15) is 5.54 Å². The topological polar surface area (TPSA) is 42.3 Å². The van der Waals surface area contributed by atoms with Gasteiger partial charge < -0.3 is 15.1 Å². The largest absolute Gasteiger partial charge is 0.306 e. The Hall–Kier alpha value is -0.630. The van der Waals surface area contributed by atoms with Crippen LogP contribution in [0.4, 0.5) is 0 Å². The fourth-order valence-corrected chi connectivity index (χ4v) is 2.46. The zero-order valence-corrected chi connectivity index (χ0v) is 11.7. The molecule has 0 spiro atoms. The molecule has 1 saturated heterocycles. The summed E-state index contributed by atoms with van der Waals surface area (Å²) in [5.74, 6) is 0.788. The lowest BCUT2D eigenvalue weighted by Gasteiger charge is -2.34. The van der Waals surface area contributed by atoms with Crippen LogP contribution in [0.1, 0.15) is 19.8 Å². The van der Waals surface area contributed by atoms with Gasteiger partial charge in [-0.15, -0.1) is 0 Å². The minimum atomic E-state index is -0.430. The summed E-state index contributed by atoms with van der Waals surface area (Å²) in [5, 5.41) is 12.2. The Kier molecular flexibility index (Phi) is 5.38. The quantitative estimate of drug-likeness (QED) is 0.768. The van der Waals surface area contributed by atoms with Crippen molar-refractivity contribution in [3.05, 3.63) is 0 Å². The zero-order chi connectivity index (χ0) is 12.9. The van der Waals surface area contributed by atoms with Crippen LogP contribution in [-0.4, -0.2) is 62.7 Å². The number of hydrogen-bond acceptors (Lipinski definition) is 4. The van der Waals surface area contributed by atoms with E-state index in [9.17, 15) is 0 Å². The number of nitrogens with zero attached hydrogens (tertiary/aromatic N) is 3. The Balaban J connectivity index is 2.34. The minimum Gasteiger partial charge on any atom is -0.306 e. The summed E-state index contributed by atoms with van der Waals surface area (Å²) in [6, 6.07) is 2.34. The molecule has 0 radical (unpaired) electrons. The van der Waals surface area contributed by atoms with Gasteiger partial charge in [0.2, 0.25) is 0 Å². The molecule has 4 heteroatoms. The van der Waals surface area contributed by atoms with Gasteiger partial charge in [-0.3, -0.25) is 0 Å². The number of rotatable bonds is 5. The number of nitrogens with one attached hydrogen (secondary N) is 1. The minimum absolute atomic E-state index is 0.430. The van der Waals surface area contributed by atoms with Crippen LogP contribution in [0.25, 0.3) is 0 Å². The third-order valence-electron chi connectivity index (χ3n) is 3.79. The predicted molar refractivity (Wildman–Crippen MR) is 70.8 cm³/mol. The predicted octanol–water partition coefficient (Wildman–Crippen LogP) is 0.762. The Morgan fingerprint density at radius 3 is 2.53 bits per heavy atom. The molecule has 1 aliphatic heterocycles. The van der Waals surface area contributed by atoms with Crippen molar-refractivity contribution in [3.63, 3.8) is 0 Å². The first-order valence-electron chi connectivity index (χ1n) is 6.46. The maximum atomic E-state index is 9.13. The molecule has 98 valence electrons. The summed E-state index contributed by atoms with van der Waals surface area (Å²) >= 11 is 0. The van der Waals surface area contributed by atoms with E-state index in [4.69, 9.17) is 5.26 Å². The molecule has 0 aromatic rings. The first-order chi connectivity index (χ1) is 7.99. The highest BCUT2D eigenvalue weighted by Gasteiger charge is 2.25. The van der Waals surface area contributed by atoms with Crippen molar-refractivity contribution in [2.45, 2.75) is 25.3 Å². The Morgan fingerprint density at radius 1 is 1.47 bits per heavy atom. The number of nitriles is 1. The highest BCUT2D eigenvalue weighted by molar-refractivity contribution is 5.04. The smallest absolute Gasteiger partial charge is 0.116 e. The number of hydrogen-bond donors (Lipinski definition) is 1. The van der Waals surface area contributed by atoms with E-state index in [-0.39, 0.29) is 0 Å². The van der Waals surface area contributed by atoms with Gasteiger partial charge in [0, 0.05) is 13.1 Å². The average molecular weight is 238 g/mol. The van der Waals surface area contributed by atoms with E-state index >= 15 is 0 Å². The summed E-state index contributed by atoms with van der Waals surface area (Å²) < 4.78 is 0. The molecule has 0 bridgehead atoms. The molecular formula is C13H26N4. The third-order valence-corrected chi connectivity index (χ3v) is 3.79. The summed E-state index contributed by atoms with van der Waals surface area (Å²) in [6.45, 7) is 6.26. The highest BCUT2D eigenvalue weighted by Crippen LogP contribution is 2.17. The number of piperidine rings is 1. The van der Waals surface area contributed by atoms with Gasteiger partial charge in [0.25, 0.3) is 0 Å². The van der Waals surface area contributed by atoms with Crippen molar-refractivity contribution in [1.82, 2.24) is 15.1 Å². The SMILES string of the molecule is CNC(C)(C#N)CN(C)CC1CCN(C)CC1. The van der Waals surface area contributed by atoms with Crippen LogP contribution in [0.2, 0.25) is 0 Å². The van der Waals surface area contributed by atoms with Crippen molar-refractivity contribution in [1.29, 1.82) is 5.26 Å².